The van der Waals surface area contributed by atoms with Crippen molar-refractivity contribution in [3.63, 3.8) is 0 Å². The summed E-state index contributed by atoms with van der Waals surface area (Å²) >= 11 is 0. The van der Waals surface area contributed by atoms with Crippen LogP contribution >= 0.6 is 0 Å². The molecule has 2 bridgehead atoms. The molecule has 19 heteroatoms. The third-order valence-electron chi connectivity index (χ3n) is 13.6. The highest BCUT2D eigenvalue weighted by molar-refractivity contribution is 5.95. The molecule has 1 heterocycles. The smallest absolute Gasteiger partial charge is 0.456 e. The molecule has 2 aromatic rings. The molecule has 4 aliphatic rings. The Balaban J connectivity index is 1.60. The first kappa shape index (κ1) is 52.8. The number of benzene rings is 2. The first-order valence-electron chi connectivity index (χ1n) is 22.7. The Morgan fingerprint density at radius 1 is 0.886 bits per heavy atom. The maximum absolute atomic E-state index is 16.2. The summed E-state index contributed by atoms with van der Waals surface area (Å²) in [7, 11) is 0. The third kappa shape index (κ3) is 10.0. The number of amides is 1. The van der Waals surface area contributed by atoms with E-state index in [9.17, 15) is 39.0 Å². The maximum Gasteiger partial charge on any atom is 0.509 e. The minimum absolute atomic E-state index is 0.00280. The second-order valence-corrected chi connectivity index (χ2v) is 19.5. The average molecular weight is 976 g/mol. The largest absolute Gasteiger partial charge is 0.509 e. The number of carbonyl (C=O) groups excluding carboxylic acids is 7. The first-order chi connectivity index (χ1) is 32.9. The normalized spacial score (nSPS) is 29.5. The van der Waals surface area contributed by atoms with Crippen molar-refractivity contribution in [3.8, 4) is 0 Å². The number of rotatable bonds is 14. The molecule has 0 unspecified atom stereocenters. The van der Waals surface area contributed by atoms with Crippen molar-refractivity contribution in [1.29, 1.82) is 0 Å². The fourth-order valence-corrected chi connectivity index (χ4v) is 10.3. The lowest BCUT2D eigenvalue weighted by atomic mass is 9.44. The van der Waals surface area contributed by atoms with E-state index in [1.807, 2.05) is 0 Å². The third-order valence-corrected chi connectivity index (χ3v) is 13.6. The number of alkyl carbamates (subject to hydrolysis) is 1. The average Bonchev–Trinajstić information content (AvgIpc) is 3.29. The highest BCUT2D eigenvalue weighted by Gasteiger charge is 2.79. The zero-order valence-corrected chi connectivity index (χ0v) is 40.4. The molecule has 0 aromatic heterocycles. The lowest BCUT2D eigenvalue weighted by molar-refractivity contribution is -0.346. The number of ketones is 1. The van der Waals surface area contributed by atoms with Crippen LogP contribution in [0.2, 0.25) is 0 Å². The molecule has 11 atom stereocenters. The van der Waals surface area contributed by atoms with Crippen molar-refractivity contribution in [2.75, 3.05) is 19.8 Å². The van der Waals surface area contributed by atoms with Crippen molar-refractivity contribution >= 4 is 42.1 Å². The van der Waals surface area contributed by atoms with E-state index in [1.54, 1.807) is 69.3 Å². The van der Waals surface area contributed by atoms with Crippen molar-refractivity contribution in [3.05, 3.63) is 108 Å². The van der Waals surface area contributed by atoms with Crippen LogP contribution in [0.4, 0.5) is 14.4 Å². The summed E-state index contributed by atoms with van der Waals surface area (Å²) in [5, 5.41) is 28.3. The Morgan fingerprint density at radius 2 is 1.47 bits per heavy atom. The van der Waals surface area contributed by atoms with E-state index in [1.165, 1.54) is 52.0 Å². The van der Waals surface area contributed by atoms with Gasteiger partial charge in [-0.1, -0.05) is 87.7 Å². The van der Waals surface area contributed by atoms with Crippen molar-refractivity contribution in [1.82, 2.24) is 5.32 Å². The lowest BCUT2D eigenvalue weighted by Crippen LogP contribution is -2.82. The molecule has 3 aliphatic carbocycles. The topological polar surface area (TPSA) is 255 Å². The molecule has 70 heavy (non-hydrogen) atoms. The van der Waals surface area contributed by atoms with Gasteiger partial charge in [0.2, 0.25) is 0 Å². The van der Waals surface area contributed by atoms with Gasteiger partial charge in [-0.15, -0.1) is 0 Å². The number of carbonyl (C=O) groups is 7. The maximum atomic E-state index is 16.2. The van der Waals surface area contributed by atoms with Crippen LogP contribution in [-0.2, 0) is 57.0 Å². The summed E-state index contributed by atoms with van der Waals surface area (Å²) in [6.07, 6.45) is -12.6. The Hall–Kier alpha value is -6.57. The molecular weight excluding hydrogens is 915 g/mol. The number of hydrogen-bond acceptors (Lipinski definition) is 18. The number of hydrogen-bond donors (Lipinski definition) is 3. The molecule has 1 saturated heterocycles. The molecular formula is C51H61NO18. The molecule has 6 rings (SSSR count). The van der Waals surface area contributed by atoms with Gasteiger partial charge in [0.1, 0.15) is 48.8 Å². The molecule has 2 saturated carbocycles. The summed E-state index contributed by atoms with van der Waals surface area (Å²) in [6, 6.07) is 14.2. The molecule has 1 aliphatic heterocycles. The number of aliphatic hydroxyl groups excluding tert-OH is 1. The number of fused-ring (bicyclic) bond motifs is 5. The van der Waals surface area contributed by atoms with E-state index in [-0.39, 0.29) is 41.9 Å². The second-order valence-electron chi connectivity index (χ2n) is 19.5. The molecule has 2 aromatic carbocycles. The van der Waals surface area contributed by atoms with Gasteiger partial charge in [0.05, 0.1) is 29.5 Å². The predicted octanol–water partition coefficient (Wildman–Crippen LogP) is 5.95. The second kappa shape index (κ2) is 20.4. The van der Waals surface area contributed by atoms with Crippen molar-refractivity contribution < 1.29 is 86.4 Å². The van der Waals surface area contributed by atoms with Crippen LogP contribution in [0.5, 0.6) is 0 Å². The Labute approximate surface area is 405 Å². The van der Waals surface area contributed by atoms with Crippen molar-refractivity contribution in [2.45, 2.75) is 128 Å². The van der Waals surface area contributed by atoms with Crippen LogP contribution in [0.1, 0.15) is 90.2 Å². The van der Waals surface area contributed by atoms with Crippen LogP contribution in [0.25, 0.3) is 0 Å². The fraction of sp³-hybridized carbons (Fsp3) is 0.510. The Bertz CT molecular complexity index is 2390. The fourth-order valence-electron chi connectivity index (χ4n) is 10.3. The van der Waals surface area contributed by atoms with Crippen LogP contribution in [0.15, 0.2) is 97.1 Å². The highest BCUT2D eigenvalue weighted by atomic mass is 16.7. The van der Waals surface area contributed by atoms with Gasteiger partial charge in [0, 0.05) is 25.2 Å². The number of esters is 3. The lowest BCUT2D eigenvalue weighted by Gasteiger charge is -2.67. The van der Waals surface area contributed by atoms with Crippen molar-refractivity contribution in [2.24, 2.45) is 16.7 Å². The summed E-state index contributed by atoms with van der Waals surface area (Å²) in [4.78, 5) is 98.7. The summed E-state index contributed by atoms with van der Waals surface area (Å²) in [5.74, 6) is -5.92. The minimum Gasteiger partial charge on any atom is -0.456 e. The van der Waals surface area contributed by atoms with Crippen LogP contribution < -0.4 is 5.32 Å². The summed E-state index contributed by atoms with van der Waals surface area (Å²) in [6.45, 7) is 17.8. The van der Waals surface area contributed by atoms with Gasteiger partial charge >= 0.3 is 36.3 Å². The van der Waals surface area contributed by atoms with E-state index in [0.717, 1.165) is 6.92 Å². The van der Waals surface area contributed by atoms with Gasteiger partial charge in [-0.25, -0.2) is 24.0 Å². The standard InChI is InChI=1S/C51H61NO18/c1-11-23-62-45(59)66-33-25-34-50(27-64-34,69-29(4)53)39-41(68-42(56)31-21-17-14-18-22-31)51(61)26-32(28(3)35(48(51,8)9)38(40(55)49(33,39)10)67-46(60)63-24-12-2)65-43(57)37(54)36(30-19-15-13-16-20-30)52-44(58)70-47(5,6)7/h11-22,32-34,36-39,41,54,61H,1-2,23-27H2,3-10H3,(H,52,58)/t32-,33-,34+,36-,37+,38+,39-,41-,49+,50-,51+/m0/s1. The molecule has 3 N–H and O–H groups in total. The number of nitrogens with one attached hydrogen (secondary N) is 1. The Morgan fingerprint density at radius 3 is 2.01 bits per heavy atom. The molecule has 19 nitrogen and oxygen atoms in total. The molecule has 0 spiro atoms. The number of Topliss-reactive ketones (excluding diaryl/α,β-unsaturated/α-hetero) is 1. The van der Waals surface area contributed by atoms with Crippen LogP contribution in [0.3, 0.4) is 0 Å². The van der Waals surface area contributed by atoms with Crippen LogP contribution in [0, 0.1) is 16.7 Å². The molecule has 3 fully saturated rings. The van der Waals surface area contributed by atoms with Crippen LogP contribution in [-0.4, -0.2) is 126 Å². The van der Waals surface area contributed by atoms with Gasteiger partial charge in [-0.05, 0) is 63.5 Å². The zero-order chi connectivity index (χ0) is 51.6. The minimum atomic E-state index is -2.55. The first-order valence-corrected chi connectivity index (χ1v) is 22.7. The van der Waals surface area contributed by atoms with Gasteiger partial charge in [0.15, 0.2) is 23.6 Å². The Kier molecular flexibility index (Phi) is 15.4. The van der Waals surface area contributed by atoms with E-state index in [0.29, 0.717) is 0 Å². The zero-order valence-electron chi connectivity index (χ0n) is 40.4. The quantitative estimate of drug-likeness (QED) is 0.112. The predicted molar refractivity (Wildman–Crippen MR) is 244 cm³/mol. The van der Waals surface area contributed by atoms with Gasteiger partial charge in [0.25, 0.3) is 0 Å². The van der Waals surface area contributed by atoms with Gasteiger partial charge < -0.3 is 58.2 Å². The van der Waals surface area contributed by atoms with E-state index in [4.69, 9.17) is 42.6 Å². The molecule has 0 radical (unpaired) electrons. The number of aliphatic hydroxyl groups is 2. The van der Waals surface area contributed by atoms with E-state index < -0.39 is 131 Å². The summed E-state index contributed by atoms with van der Waals surface area (Å²) < 4.78 is 52.5. The van der Waals surface area contributed by atoms with E-state index >= 15 is 4.79 Å². The molecule has 1 amide bonds. The SMILES string of the molecule is C=CCOC(=O)O[C@H]1C(=O)[C@]2(C)[C@@H](OC(=O)OCC=C)C[C@H]3OC[C@@]3(OC(C)=O)[C@H]2[C@H](OC(=O)c2ccccc2)[C@]2(O)C[C@H](OC(=O)[C@H](O)[C@@H](NC(=O)OC(C)(C)C)c3ccccc3)C(C)=C1C2(C)C. The summed E-state index contributed by atoms with van der Waals surface area (Å²) in [5.41, 5.74) is -9.34. The monoisotopic (exact) mass is 975 g/mol. The number of ether oxygens (including phenoxy) is 9. The highest BCUT2D eigenvalue weighted by Crippen LogP contribution is 2.65. The molecule has 378 valence electrons. The van der Waals surface area contributed by atoms with E-state index in [2.05, 4.69) is 18.5 Å². The van der Waals surface area contributed by atoms with Gasteiger partial charge in [-0.2, -0.15) is 0 Å². The van der Waals surface area contributed by atoms with Gasteiger partial charge in [-0.3, -0.25) is 9.59 Å².